The van der Waals surface area contributed by atoms with Crippen molar-refractivity contribution < 1.29 is 9.18 Å². The molecule has 0 bridgehead atoms. The number of likely N-dealkylation sites (tertiary alicyclic amines) is 1. The molecule has 1 aromatic heterocycles. The number of carbonyl (C=O) groups excluding carboxylic acids is 1. The lowest BCUT2D eigenvalue weighted by molar-refractivity contribution is -0.130. The molecule has 1 unspecified atom stereocenters. The zero-order chi connectivity index (χ0) is 23.7. The molecule has 1 atom stereocenters. The van der Waals surface area contributed by atoms with Gasteiger partial charge >= 0.3 is 0 Å². The van der Waals surface area contributed by atoms with Crippen LogP contribution in [-0.2, 0) is 11.3 Å². The van der Waals surface area contributed by atoms with Gasteiger partial charge in [-0.3, -0.25) is 4.79 Å². The zero-order valence-corrected chi connectivity index (χ0v) is 20.2. The van der Waals surface area contributed by atoms with Gasteiger partial charge in [-0.15, -0.1) is 0 Å². The molecular formula is C28H25Cl2FN2O. The molecule has 0 N–H and O–H groups in total. The first-order valence-electron chi connectivity index (χ1n) is 11.5. The second kappa shape index (κ2) is 9.81. The third kappa shape index (κ3) is 4.70. The summed E-state index contributed by atoms with van der Waals surface area (Å²) >= 11 is 12.6. The van der Waals surface area contributed by atoms with E-state index in [1.54, 1.807) is 18.2 Å². The average Bonchev–Trinajstić information content (AvgIpc) is 3.50. The Balaban J connectivity index is 1.58. The van der Waals surface area contributed by atoms with Gasteiger partial charge < -0.3 is 9.47 Å². The fraction of sp³-hybridized carbons (Fsp3) is 0.250. The summed E-state index contributed by atoms with van der Waals surface area (Å²) in [5.41, 5.74) is 4.11. The Morgan fingerprint density at radius 2 is 1.68 bits per heavy atom. The minimum absolute atomic E-state index is 0.156. The van der Waals surface area contributed by atoms with Gasteiger partial charge in [0.25, 0.3) is 0 Å². The van der Waals surface area contributed by atoms with E-state index in [0.717, 1.165) is 53.5 Å². The number of amides is 1. The Morgan fingerprint density at radius 1 is 0.941 bits per heavy atom. The van der Waals surface area contributed by atoms with Crippen LogP contribution in [0.4, 0.5) is 4.39 Å². The van der Waals surface area contributed by atoms with Crippen LogP contribution in [0.3, 0.4) is 0 Å². The number of halogens is 3. The number of hydrogen-bond donors (Lipinski definition) is 0. The summed E-state index contributed by atoms with van der Waals surface area (Å²) in [6.45, 7) is 2.24. The lowest BCUT2D eigenvalue weighted by atomic mass is 9.88. The van der Waals surface area contributed by atoms with Gasteiger partial charge in [0.05, 0.1) is 10.0 Å². The fourth-order valence-corrected chi connectivity index (χ4v) is 5.18. The van der Waals surface area contributed by atoms with Crippen molar-refractivity contribution in [1.29, 1.82) is 0 Å². The SMILES string of the molecule is O=C(CC(c1ccc(Cl)c(Cl)c1)c1cn(Cc2ccc(F)cc2)c2ccccc12)N1CCCC1. The summed E-state index contributed by atoms with van der Waals surface area (Å²) in [5.74, 6) is -0.256. The van der Waals surface area contributed by atoms with E-state index in [1.165, 1.54) is 12.1 Å². The third-order valence-electron chi connectivity index (χ3n) is 6.64. The van der Waals surface area contributed by atoms with Crippen LogP contribution in [0.2, 0.25) is 10.0 Å². The highest BCUT2D eigenvalue weighted by Gasteiger charge is 2.27. The third-order valence-corrected chi connectivity index (χ3v) is 7.38. The standard InChI is InChI=1S/C28H25Cl2FN2O/c29-25-12-9-20(15-26(25)30)23(16-28(34)32-13-3-4-14-32)24-18-33(27-6-2-1-5-22(24)27)17-19-7-10-21(31)11-8-19/h1-2,5-12,15,18,23H,3-4,13-14,16-17H2. The molecule has 1 saturated heterocycles. The normalized spacial score (nSPS) is 14.6. The van der Waals surface area contributed by atoms with Crippen molar-refractivity contribution in [3.8, 4) is 0 Å². The highest BCUT2D eigenvalue weighted by molar-refractivity contribution is 6.42. The van der Waals surface area contributed by atoms with Gasteiger partial charge in [0.1, 0.15) is 5.82 Å². The molecule has 6 heteroatoms. The van der Waals surface area contributed by atoms with Crippen molar-refractivity contribution in [2.45, 2.75) is 31.7 Å². The number of benzene rings is 3. The molecule has 0 saturated carbocycles. The van der Waals surface area contributed by atoms with Crippen LogP contribution >= 0.6 is 23.2 Å². The van der Waals surface area contributed by atoms with E-state index >= 15 is 0 Å². The summed E-state index contributed by atoms with van der Waals surface area (Å²) in [5, 5.41) is 2.07. The van der Waals surface area contributed by atoms with Gasteiger partial charge in [-0.1, -0.05) is 59.6 Å². The van der Waals surface area contributed by atoms with E-state index in [4.69, 9.17) is 23.2 Å². The Kier molecular flexibility index (Phi) is 6.62. The number of para-hydroxylation sites is 1. The van der Waals surface area contributed by atoms with Crippen molar-refractivity contribution in [2.75, 3.05) is 13.1 Å². The number of carbonyl (C=O) groups is 1. The molecule has 5 rings (SSSR count). The first-order chi connectivity index (χ1) is 16.5. The summed E-state index contributed by atoms with van der Waals surface area (Å²) in [6, 6.07) is 20.4. The lowest BCUT2D eigenvalue weighted by Crippen LogP contribution is -2.29. The minimum Gasteiger partial charge on any atom is -0.343 e. The Bertz CT molecular complexity index is 1330. The van der Waals surface area contributed by atoms with Crippen molar-refractivity contribution in [3.05, 3.63) is 105 Å². The van der Waals surface area contributed by atoms with Crippen LogP contribution in [0.5, 0.6) is 0 Å². The summed E-state index contributed by atoms with van der Waals surface area (Å²) in [7, 11) is 0. The van der Waals surface area contributed by atoms with Gasteiger partial charge in [0.2, 0.25) is 5.91 Å². The van der Waals surface area contributed by atoms with Crippen LogP contribution in [-0.4, -0.2) is 28.5 Å². The van der Waals surface area contributed by atoms with E-state index in [9.17, 15) is 9.18 Å². The van der Waals surface area contributed by atoms with Crippen LogP contribution in [0.15, 0.2) is 72.9 Å². The topological polar surface area (TPSA) is 25.2 Å². The first-order valence-corrected chi connectivity index (χ1v) is 12.3. The molecule has 2 heterocycles. The zero-order valence-electron chi connectivity index (χ0n) is 18.7. The first kappa shape index (κ1) is 22.9. The molecule has 0 spiro atoms. The summed E-state index contributed by atoms with van der Waals surface area (Å²) in [6.07, 6.45) is 4.60. The highest BCUT2D eigenvalue weighted by Crippen LogP contribution is 2.38. The molecule has 4 aromatic rings. The molecule has 34 heavy (non-hydrogen) atoms. The van der Waals surface area contributed by atoms with Crippen LogP contribution < -0.4 is 0 Å². The van der Waals surface area contributed by atoms with Gasteiger partial charge in [-0.05, 0) is 59.9 Å². The maximum atomic E-state index is 13.4. The van der Waals surface area contributed by atoms with Crippen molar-refractivity contribution in [2.24, 2.45) is 0 Å². The van der Waals surface area contributed by atoms with Gasteiger partial charge in [0, 0.05) is 49.1 Å². The van der Waals surface area contributed by atoms with Crippen LogP contribution in [0, 0.1) is 5.82 Å². The maximum Gasteiger partial charge on any atom is 0.223 e. The van der Waals surface area contributed by atoms with E-state index in [1.807, 2.05) is 29.2 Å². The number of rotatable bonds is 6. The number of aromatic nitrogens is 1. The van der Waals surface area contributed by atoms with Crippen molar-refractivity contribution >= 4 is 40.0 Å². The monoisotopic (exact) mass is 494 g/mol. The predicted octanol–water partition coefficient (Wildman–Crippen LogP) is 7.28. The fourth-order valence-electron chi connectivity index (χ4n) is 4.88. The van der Waals surface area contributed by atoms with Gasteiger partial charge in [-0.2, -0.15) is 0 Å². The van der Waals surface area contributed by atoms with E-state index in [2.05, 4.69) is 22.9 Å². The molecule has 3 nitrogen and oxygen atoms in total. The van der Waals surface area contributed by atoms with E-state index in [-0.39, 0.29) is 17.6 Å². The number of nitrogens with zero attached hydrogens (tertiary/aromatic N) is 2. The minimum atomic E-state index is -0.248. The van der Waals surface area contributed by atoms with Crippen LogP contribution in [0.25, 0.3) is 10.9 Å². The summed E-state index contributed by atoms with van der Waals surface area (Å²) < 4.78 is 15.6. The summed E-state index contributed by atoms with van der Waals surface area (Å²) in [4.78, 5) is 15.2. The lowest BCUT2D eigenvalue weighted by Gasteiger charge is -2.22. The molecule has 0 radical (unpaired) electrons. The van der Waals surface area contributed by atoms with Crippen molar-refractivity contribution in [3.63, 3.8) is 0 Å². The molecule has 174 valence electrons. The Morgan fingerprint density at radius 3 is 2.41 bits per heavy atom. The van der Waals surface area contributed by atoms with Gasteiger partial charge in [0.15, 0.2) is 0 Å². The second-order valence-corrected chi connectivity index (χ2v) is 9.69. The molecule has 1 amide bonds. The van der Waals surface area contributed by atoms with E-state index < -0.39 is 0 Å². The predicted molar refractivity (Wildman–Crippen MR) is 136 cm³/mol. The quantitative estimate of drug-likeness (QED) is 0.276. The molecule has 0 aliphatic carbocycles. The molecule has 1 aliphatic rings. The van der Waals surface area contributed by atoms with Crippen LogP contribution in [0.1, 0.15) is 41.9 Å². The largest absolute Gasteiger partial charge is 0.343 e. The molecule has 3 aromatic carbocycles. The van der Waals surface area contributed by atoms with Crippen molar-refractivity contribution in [1.82, 2.24) is 9.47 Å². The highest BCUT2D eigenvalue weighted by atomic mass is 35.5. The maximum absolute atomic E-state index is 13.4. The Labute approximate surface area is 208 Å². The molecular weight excluding hydrogens is 470 g/mol. The average molecular weight is 495 g/mol. The smallest absolute Gasteiger partial charge is 0.223 e. The van der Waals surface area contributed by atoms with Gasteiger partial charge in [-0.25, -0.2) is 4.39 Å². The second-order valence-electron chi connectivity index (χ2n) is 8.87. The van der Waals surface area contributed by atoms with E-state index in [0.29, 0.717) is 23.0 Å². The molecule has 1 fully saturated rings. The number of fused-ring (bicyclic) bond motifs is 1. The number of hydrogen-bond acceptors (Lipinski definition) is 1. The molecule has 1 aliphatic heterocycles. The Hall–Kier alpha value is -2.82.